The second-order valence-corrected chi connectivity index (χ2v) is 7.94. The molecule has 1 N–H and O–H groups in total. The smallest absolute Gasteiger partial charge is 0.216 e. The molecule has 1 spiro atoms. The van der Waals surface area contributed by atoms with Gasteiger partial charge in [0.15, 0.2) is 0 Å². The number of halogens is 1. The van der Waals surface area contributed by atoms with E-state index in [0.717, 1.165) is 38.8 Å². The summed E-state index contributed by atoms with van der Waals surface area (Å²) in [5.74, 6) is 0.177. The lowest BCUT2D eigenvalue weighted by atomic mass is 9.87. The maximum Gasteiger partial charge on any atom is 0.216 e. The summed E-state index contributed by atoms with van der Waals surface area (Å²) in [7, 11) is -3.13. The molecule has 0 aliphatic carbocycles. The van der Waals surface area contributed by atoms with E-state index in [1.807, 2.05) is 0 Å². The second kappa shape index (κ2) is 5.85. The van der Waals surface area contributed by atoms with Crippen LogP contribution in [0.1, 0.15) is 25.7 Å². The summed E-state index contributed by atoms with van der Waals surface area (Å²) in [6, 6.07) is 0. The van der Waals surface area contributed by atoms with Crippen LogP contribution < -0.4 is 5.32 Å². The number of ether oxygens (including phenoxy) is 1. The summed E-state index contributed by atoms with van der Waals surface area (Å²) < 4.78 is 31.9. The molecular formula is C12H23ClN2O3S. The topological polar surface area (TPSA) is 58.6 Å². The largest absolute Gasteiger partial charge is 0.377 e. The highest BCUT2D eigenvalue weighted by Gasteiger charge is 2.44. The van der Waals surface area contributed by atoms with E-state index in [1.54, 1.807) is 4.31 Å². The molecule has 3 saturated heterocycles. The van der Waals surface area contributed by atoms with Gasteiger partial charge in [-0.15, -0.1) is 12.4 Å². The number of rotatable bonds is 3. The van der Waals surface area contributed by atoms with Gasteiger partial charge in [-0.1, -0.05) is 0 Å². The molecule has 0 aromatic heterocycles. The average Bonchev–Trinajstić information content (AvgIpc) is 3.03. The third kappa shape index (κ3) is 3.24. The van der Waals surface area contributed by atoms with Crippen LogP contribution in [-0.2, 0) is 14.8 Å². The van der Waals surface area contributed by atoms with Gasteiger partial charge >= 0.3 is 0 Å². The minimum absolute atomic E-state index is 0. The number of nitrogens with zero attached hydrogens (tertiary/aromatic N) is 1. The van der Waals surface area contributed by atoms with Gasteiger partial charge in [-0.25, -0.2) is 12.7 Å². The molecule has 7 heteroatoms. The monoisotopic (exact) mass is 310 g/mol. The molecule has 0 saturated carbocycles. The van der Waals surface area contributed by atoms with Crippen molar-refractivity contribution in [1.29, 1.82) is 0 Å². The van der Waals surface area contributed by atoms with Gasteiger partial charge in [0.1, 0.15) is 0 Å². The van der Waals surface area contributed by atoms with Crippen LogP contribution in [0.5, 0.6) is 0 Å². The molecule has 2 atom stereocenters. The quantitative estimate of drug-likeness (QED) is 0.829. The number of nitrogens with one attached hydrogen (secondary N) is 1. The molecule has 0 amide bonds. The van der Waals surface area contributed by atoms with Gasteiger partial charge in [-0.3, -0.25) is 0 Å². The van der Waals surface area contributed by atoms with Crippen LogP contribution in [0.15, 0.2) is 0 Å². The normalized spacial score (nSPS) is 35.9. The van der Waals surface area contributed by atoms with E-state index in [9.17, 15) is 8.42 Å². The predicted molar refractivity (Wildman–Crippen MR) is 76.1 cm³/mol. The minimum atomic E-state index is -3.13. The summed E-state index contributed by atoms with van der Waals surface area (Å²) in [5.41, 5.74) is 0.212. The lowest BCUT2D eigenvalue weighted by molar-refractivity contribution is 0.126. The lowest BCUT2D eigenvalue weighted by Crippen LogP contribution is -2.37. The van der Waals surface area contributed by atoms with Crippen molar-refractivity contribution in [3.63, 3.8) is 0 Å². The van der Waals surface area contributed by atoms with Crippen molar-refractivity contribution in [1.82, 2.24) is 9.62 Å². The number of sulfonamides is 1. The Morgan fingerprint density at radius 2 is 2.21 bits per heavy atom. The SMILES string of the molecule is Cl.O=S(=O)(CC1CCCO1)N1CCC2(CCNC2)C1. The van der Waals surface area contributed by atoms with Crippen LogP contribution in [0.4, 0.5) is 0 Å². The van der Waals surface area contributed by atoms with E-state index >= 15 is 0 Å². The molecule has 3 rings (SSSR count). The van der Waals surface area contributed by atoms with Crippen LogP contribution in [0, 0.1) is 5.41 Å². The van der Waals surface area contributed by atoms with Crippen molar-refractivity contribution < 1.29 is 13.2 Å². The van der Waals surface area contributed by atoms with Crippen molar-refractivity contribution in [2.45, 2.75) is 31.8 Å². The first-order valence-corrected chi connectivity index (χ1v) is 8.51. The molecule has 2 unspecified atom stereocenters. The van der Waals surface area contributed by atoms with E-state index in [4.69, 9.17) is 4.74 Å². The summed E-state index contributed by atoms with van der Waals surface area (Å²) >= 11 is 0. The summed E-state index contributed by atoms with van der Waals surface area (Å²) in [5, 5.41) is 3.35. The first-order chi connectivity index (χ1) is 8.60. The van der Waals surface area contributed by atoms with Gasteiger partial charge in [0.2, 0.25) is 10.0 Å². The van der Waals surface area contributed by atoms with Crippen molar-refractivity contribution >= 4 is 22.4 Å². The Hall–Kier alpha value is 0.120. The van der Waals surface area contributed by atoms with E-state index in [0.29, 0.717) is 19.7 Å². The molecule has 3 aliphatic heterocycles. The van der Waals surface area contributed by atoms with E-state index < -0.39 is 10.0 Å². The van der Waals surface area contributed by atoms with E-state index in [-0.39, 0.29) is 29.7 Å². The fourth-order valence-electron chi connectivity index (χ4n) is 3.39. The molecule has 0 bridgehead atoms. The van der Waals surface area contributed by atoms with Crippen LogP contribution in [0.25, 0.3) is 0 Å². The van der Waals surface area contributed by atoms with Gasteiger partial charge in [0, 0.05) is 26.2 Å². The van der Waals surface area contributed by atoms with Crippen LogP contribution in [0.2, 0.25) is 0 Å². The van der Waals surface area contributed by atoms with Crippen LogP contribution in [-0.4, -0.2) is 57.4 Å². The van der Waals surface area contributed by atoms with Gasteiger partial charge in [-0.2, -0.15) is 0 Å². The molecule has 3 aliphatic rings. The molecule has 0 aromatic rings. The third-order valence-corrected chi connectivity index (χ3v) is 6.44. The average molecular weight is 311 g/mol. The highest BCUT2D eigenvalue weighted by Crippen LogP contribution is 2.37. The molecule has 19 heavy (non-hydrogen) atoms. The zero-order valence-corrected chi connectivity index (χ0v) is 12.8. The first kappa shape index (κ1) is 15.5. The lowest BCUT2D eigenvalue weighted by Gasteiger charge is -2.23. The highest BCUT2D eigenvalue weighted by atomic mass is 35.5. The molecule has 3 fully saturated rings. The Balaban J connectivity index is 0.00000133. The fourth-order valence-corrected chi connectivity index (χ4v) is 5.18. The van der Waals surface area contributed by atoms with E-state index in [1.165, 1.54) is 0 Å². The number of hydrogen-bond donors (Lipinski definition) is 1. The summed E-state index contributed by atoms with van der Waals surface area (Å²) in [6.07, 6.45) is 3.92. The predicted octanol–water partition coefficient (Wildman–Crippen LogP) is 0.602. The van der Waals surface area contributed by atoms with Crippen molar-refractivity contribution in [3.8, 4) is 0 Å². The van der Waals surface area contributed by atoms with Crippen molar-refractivity contribution in [3.05, 3.63) is 0 Å². The molecule has 0 radical (unpaired) electrons. The van der Waals surface area contributed by atoms with Gasteiger partial charge in [-0.05, 0) is 37.6 Å². The molecular weight excluding hydrogens is 288 g/mol. The molecule has 5 nitrogen and oxygen atoms in total. The number of hydrogen-bond acceptors (Lipinski definition) is 4. The molecule has 3 heterocycles. The Bertz CT molecular complexity index is 403. The van der Waals surface area contributed by atoms with Crippen molar-refractivity contribution in [2.75, 3.05) is 38.5 Å². The maximum absolute atomic E-state index is 12.4. The van der Waals surface area contributed by atoms with Gasteiger partial charge in [0.05, 0.1) is 11.9 Å². The summed E-state index contributed by atoms with van der Waals surface area (Å²) in [6.45, 7) is 4.11. The van der Waals surface area contributed by atoms with Crippen molar-refractivity contribution in [2.24, 2.45) is 5.41 Å². The molecule has 0 aromatic carbocycles. The zero-order chi connectivity index (χ0) is 12.6. The third-order valence-electron chi connectivity index (χ3n) is 4.55. The Kier molecular flexibility index (Phi) is 4.78. The zero-order valence-electron chi connectivity index (χ0n) is 11.1. The standard InChI is InChI=1S/C12H22N2O3S.ClH/c15-18(16,8-11-2-1-7-17-11)14-6-4-12(10-14)3-5-13-9-12;/h11,13H,1-10H2;1H. The highest BCUT2D eigenvalue weighted by molar-refractivity contribution is 7.89. The minimum Gasteiger partial charge on any atom is -0.377 e. The Morgan fingerprint density at radius 3 is 2.84 bits per heavy atom. The second-order valence-electron chi connectivity index (χ2n) is 5.92. The van der Waals surface area contributed by atoms with Crippen LogP contribution in [0.3, 0.4) is 0 Å². The van der Waals surface area contributed by atoms with E-state index in [2.05, 4.69) is 5.32 Å². The Morgan fingerprint density at radius 1 is 1.37 bits per heavy atom. The molecule has 112 valence electrons. The summed E-state index contributed by atoms with van der Waals surface area (Å²) in [4.78, 5) is 0. The maximum atomic E-state index is 12.4. The van der Waals surface area contributed by atoms with Gasteiger partial charge < -0.3 is 10.1 Å². The first-order valence-electron chi connectivity index (χ1n) is 6.90. The Labute approximate surface area is 121 Å². The van der Waals surface area contributed by atoms with Crippen LogP contribution >= 0.6 is 12.4 Å². The fraction of sp³-hybridized carbons (Fsp3) is 1.00. The van der Waals surface area contributed by atoms with Gasteiger partial charge in [0.25, 0.3) is 0 Å².